The normalized spacial score (nSPS) is 12.1. The lowest BCUT2D eigenvalue weighted by atomic mass is 10.3. The van der Waals surface area contributed by atoms with E-state index in [-0.39, 0.29) is 11.2 Å². The summed E-state index contributed by atoms with van der Waals surface area (Å²) in [5.74, 6) is 1.17. The molecule has 2 aromatic heterocycles. The van der Waals surface area contributed by atoms with E-state index < -0.39 is 0 Å². The standard InChI is InChI=1S/C17H17ClN4O2S/c1-3-22-15(14-8-5-9-24-14)20-21-17(22)25-11(2)16(23)19-13-7-4-6-12(18)10-13/h4-11H,3H2,1-2H3,(H,19,23). The molecule has 1 aromatic carbocycles. The predicted molar refractivity (Wildman–Crippen MR) is 98.8 cm³/mol. The van der Waals surface area contributed by atoms with Crippen molar-refractivity contribution in [2.75, 3.05) is 5.32 Å². The van der Waals surface area contributed by atoms with Crippen LogP contribution in [0.4, 0.5) is 5.69 Å². The van der Waals surface area contributed by atoms with E-state index in [2.05, 4.69) is 15.5 Å². The van der Waals surface area contributed by atoms with Crippen molar-refractivity contribution in [3.63, 3.8) is 0 Å². The molecule has 3 aromatic rings. The van der Waals surface area contributed by atoms with E-state index in [4.69, 9.17) is 16.0 Å². The van der Waals surface area contributed by atoms with Gasteiger partial charge in [0, 0.05) is 17.3 Å². The van der Waals surface area contributed by atoms with E-state index in [1.54, 1.807) is 36.6 Å². The lowest BCUT2D eigenvalue weighted by Crippen LogP contribution is -2.22. The Morgan fingerprint density at radius 3 is 2.88 bits per heavy atom. The van der Waals surface area contributed by atoms with Gasteiger partial charge in [0.05, 0.1) is 11.5 Å². The molecule has 1 N–H and O–H groups in total. The second-order valence-corrected chi connectivity index (χ2v) is 7.03. The Morgan fingerprint density at radius 1 is 1.36 bits per heavy atom. The van der Waals surface area contributed by atoms with Gasteiger partial charge in [-0.1, -0.05) is 29.4 Å². The highest BCUT2D eigenvalue weighted by Gasteiger charge is 2.21. The molecule has 1 atom stereocenters. The first-order valence-electron chi connectivity index (χ1n) is 7.78. The van der Waals surface area contributed by atoms with Crippen LogP contribution in [0.1, 0.15) is 13.8 Å². The average molecular weight is 377 g/mol. The topological polar surface area (TPSA) is 73.0 Å². The van der Waals surface area contributed by atoms with Crippen LogP contribution in [-0.4, -0.2) is 25.9 Å². The second kappa shape index (κ2) is 7.76. The van der Waals surface area contributed by atoms with Gasteiger partial charge in [0.1, 0.15) is 0 Å². The number of anilines is 1. The van der Waals surface area contributed by atoms with Crippen LogP contribution < -0.4 is 5.32 Å². The number of furan rings is 1. The van der Waals surface area contributed by atoms with Gasteiger partial charge in [0.2, 0.25) is 5.91 Å². The van der Waals surface area contributed by atoms with E-state index in [0.717, 1.165) is 0 Å². The number of halogens is 1. The number of rotatable bonds is 6. The molecule has 0 aliphatic rings. The van der Waals surface area contributed by atoms with E-state index in [9.17, 15) is 4.79 Å². The molecule has 0 aliphatic carbocycles. The van der Waals surface area contributed by atoms with Gasteiger partial charge in [-0.15, -0.1) is 10.2 Å². The van der Waals surface area contributed by atoms with Crippen molar-refractivity contribution >= 4 is 35.0 Å². The summed E-state index contributed by atoms with van der Waals surface area (Å²) in [6, 6.07) is 10.7. The van der Waals surface area contributed by atoms with Crippen molar-refractivity contribution in [3.05, 3.63) is 47.7 Å². The van der Waals surface area contributed by atoms with E-state index >= 15 is 0 Å². The van der Waals surface area contributed by atoms with Gasteiger partial charge in [-0.2, -0.15) is 0 Å². The molecule has 1 amide bonds. The van der Waals surface area contributed by atoms with Crippen LogP contribution in [0.5, 0.6) is 0 Å². The summed E-state index contributed by atoms with van der Waals surface area (Å²) in [7, 11) is 0. The highest BCUT2D eigenvalue weighted by Crippen LogP contribution is 2.27. The van der Waals surface area contributed by atoms with Crippen molar-refractivity contribution in [1.29, 1.82) is 0 Å². The lowest BCUT2D eigenvalue weighted by molar-refractivity contribution is -0.115. The third-order valence-corrected chi connectivity index (χ3v) is 4.83. The van der Waals surface area contributed by atoms with Crippen LogP contribution in [0.25, 0.3) is 11.6 Å². The van der Waals surface area contributed by atoms with Crippen LogP contribution in [0.3, 0.4) is 0 Å². The van der Waals surface area contributed by atoms with E-state index in [1.165, 1.54) is 11.8 Å². The molecule has 6 nitrogen and oxygen atoms in total. The van der Waals surface area contributed by atoms with Gasteiger partial charge in [-0.25, -0.2) is 0 Å². The Labute approximate surface area is 154 Å². The fraction of sp³-hybridized carbons (Fsp3) is 0.235. The Balaban J connectivity index is 1.72. The Morgan fingerprint density at radius 2 is 2.20 bits per heavy atom. The first-order valence-corrected chi connectivity index (χ1v) is 9.04. The lowest BCUT2D eigenvalue weighted by Gasteiger charge is -2.12. The van der Waals surface area contributed by atoms with Crippen molar-refractivity contribution in [2.24, 2.45) is 0 Å². The van der Waals surface area contributed by atoms with Crippen LogP contribution in [0.2, 0.25) is 5.02 Å². The predicted octanol–water partition coefficient (Wildman–Crippen LogP) is 4.33. The van der Waals surface area contributed by atoms with E-state index in [1.807, 2.05) is 24.5 Å². The van der Waals surface area contributed by atoms with Crippen molar-refractivity contribution in [3.8, 4) is 11.6 Å². The highest BCUT2D eigenvalue weighted by molar-refractivity contribution is 8.00. The van der Waals surface area contributed by atoms with E-state index in [0.29, 0.717) is 34.0 Å². The van der Waals surface area contributed by atoms with Gasteiger partial charge in [0.15, 0.2) is 16.7 Å². The number of aromatic nitrogens is 3. The van der Waals surface area contributed by atoms with Crippen LogP contribution >= 0.6 is 23.4 Å². The quantitative estimate of drug-likeness (QED) is 0.648. The third kappa shape index (κ3) is 4.05. The first-order chi connectivity index (χ1) is 12.1. The molecule has 130 valence electrons. The smallest absolute Gasteiger partial charge is 0.237 e. The molecular formula is C17H17ClN4O2S. The summed E-state index contributed by atoms with van der Waals surface area (Å²) in [5, 5.41) is 12.1. The number of hydrogen-bond acceptors (Lipinski definition) is 5. The second-order valence-electron chi connectivity index (χ2n) is 5.29. The maximum atomic E-state index is 12.4. The SMILES string of the molecule is CCn1c(SC(C)C(=O)Nc2cccc(Cl)c2)nnc1-c1ccco1. The zero-order valence-electron chi connectivity index (χ0n) is 13.8. The molecule has 3 rings (SSSR count). The molecular weight excluding hydrogens is 360 g/mol. The summed E-state index contributed by atoms with van der Waals surface area (Å²) in [5.41, 5.74) is 0.665. The number of hydrogen-bond donors (Lipinski definition) is 1. The molecule has 25 heavy (non-hydrogen) atoms. The molecule has 0 aliphatic heterocycles. The summed E-state index contributed by atoms with van der Waals surface area (Å²) < 4.78 is 7.32. The van der Waals surface area contributed by atoms with Crippen molar-refractivity contribution in [1.82, 2.24) is 14.8 Å². The summed E-state index contributed by atoms with van der Waals surface area (Å²) in [4.78, 5) is 12.4. The number of carbonyl (C=O) groups excluding carboxylic acids is 1. The minimum absolute atomic E-state index is 0.127. The Hall–Kier alpha value is -2.25. The molecule has 1 unspecified atom stereocenters. The van der Waals surface area contributed by atoms with Crippen molar-refractivity contribution < 1.29 is 9.21 Å². The number of nitrogens with zero attached hydrogens (tertiary/aromatic N) is 3. The monoisotopic (exact) mass is 376 g/mol. The fourth-order valence-corrected chi connectivity index (χ4v) is 3.37. The zero-order chi connectivity index (χ0) is 17.8. The summed E-state index contributed by atoms with van der Waals surface area (Å²) >= 11 is 7.29. The van der Waals surface area contributed by atoms with Crippen LogP contribution in [-0.2, 0) is 11.3 Å². The number of benzene rings is 1. The molecule has 0 saturated heterocycles. The van der Waals surface area contributed by atoms with Crippen LogP contribution in [0, 0.1) is 0 Å². The van der Waals surface area contributed by atoms with Gasteiger partial charge in [-0.3, -0.25) is 9.36 Å². The number of thioether (sulfide) groups is 1. The Kier molecular flexibility index (Phi) is 5.45. The Bertz CT molecular complexity index is 863. The third-order valence-electron chi connectivity index (χ3n) is 3.52. The largest absolute Gasteiger partial charge is 0.461 e. The molecule has 0 fully saturated rings. The van der Waals surface area contributed by atoms with Crippen LogP contribution in [0.15, 0.2) is 52.2 Å². The first kappa shape index (κ1) is 17.6. The molecule has 0 spiro atoms. The highest BCUT2D eigenvalue weighted by atomic mass is 35.5. The van der Waals surface area contributed by atoms with Crippen molar-refractivity contribution in [2.45, 2.75) is 30.8 Å². The van der Waals surface area contributed by atoms with Gasteiger partial charge in [0.25, 0.3) is 0 Å². The molecule has 0 saturated carbocycles. The fourth-order valence-electron chi connectivity index (χ4n) is 2.27. The van der Waals surface area contributed by atoms with Gasteiger partial charge in [-0.05, 0) is 44.2 Å². The number of nitrogens with one attached hydrogen (secondary N) is 1. The molecule has 0 radical (unpaired) electrons. The maximum absolute atomic E-state index is 12.4. The minimum Gasteiger partial charge on any atom is -0.461 e. The summed E-state index contributed by atoms with van der Waals surface area (Å²) in [6.45, 7) is 4.50. The molecule has 8 heteroatoms. The zero-order valence-corrected chi connectivity index (χ0v) is 15.3. The number of carbonyl (C=O) groups is 1. The number of amides is 1. The van der Waals surface area contributed by atoms with Gasteiger partial charge >= 0.3 is 0 Å². The average Bonchev–Trinajstić information content (AvgIpc) is 3.23. The minimum atomic E-state index is -0.349. The molecule has 0 bridgehead atoms. The summed E-state index contributed by atoms with van der Waals surface area (Å²) in [6.07, 6.45) is 1.60. The van der Waals surface area contributed by atoms with Gasteiger partial charge < -0.3 is 9.73 Å². The maximum Gasteiger partial charge on any atom is 0.237 e. The molecule has 2 heterocycles.